The van der Waals surface area contributed by atoms with Gasteiger partial charge in [0.25, 0.3) is 0 Å². The van der Waals surface area contributed by atoms with E-state index >= 15 is 0 Å². The molecule has 0 saturated carbocycles. The number of nitrogens with zero attached hydrogens (tertiary/aromatic N) is 1. The maximum Gasteiger partial charge on any atom is 0.237 e. The first kappa shape index (κ1) is 23.4. The third kappa shape index (κ3) is 9.43. The maximum atomic E-state index is 12.7. The van der Waals surface area contributed by atoms with Crippen molar-refractivity contribution in [1.82, 2.24) is 10.6 Å². The fourth-order valence-electron chi connectivity index (χ4n) is 2.45. The van der Waals surface area contributed by atoms with Gasteiger partial charge in [-0.1, -0.05) is 34.6 Å². The molecule has 0 aliphatic heterocycles. The number of Topliss-reactive ketones (excluding diaryl/α,β-unsaturated/α-hetero) is 1. The molecule has 3 atom stereocenters. The number of nitrogens with one attached hydrogen (secondary N) is 2. The molecule has 0 aliphatic carbocycles. The number of carbonyl (C=O) groups is 2. The Morgan fingerprint density at radius 1 is 1.08 bits per heavy atom. The van der Waals surface area contributed by atoms with Crippen LogP contribution >= 0.6 is 0 Å². The second kappa shape index (κ2) is 11.8. The van der Waals surface area contributed by atoms with Crippen LogP contribution in [0.15, 0.2) is 4.99 Å². The molecule has 0 aromatic heterocycles. The number of rotatable bonds is 12. The molecule has 0 aromatic carbocycles. The number of amides is 1. The topological polar surface area (TPSA) is 123 Å². The van der Waals surface area contributed by atoms with Crippen molar-refractivity contribution in [3.05, 3.63) is 0 Å². The third-order valence-electron chi connectivity index (χ3n) is 4.20. The lowest BCUT2D eigenvalue weighted by molar-refractivity contribution is -0.131. The summed E-state index contributed by atoms with van der Waals surface area (Å²) in [7, 11) is 0. The Morgan fingerprint density at radius 3 is 2.12 bits per heavy atom. The lowest BCUT2D eigenvalue weighted by Crippen LogP contribution is -2.54. The van der Waals surface area contributed by atoms with Crippen LogP contribution in [-0.2, 0) is 9.59 Å². The van der Waals surface area contributed by atoms with Crippen LogP contribution < -0.4 is 22.1 Å². The molecular weight excluding hydrogens is 318 g/mol. The van der Waals surface area contributed by atoms with Crippen molar-refractivity contribution in [2.45, 2.75) is 78.9 Å². The molecule has 1 amide bonds. The summed E-state index contributed by atoms with van der Waals surface area (Å²) in [4.78, 5) is 29.1. The van der Waals surface area contributed by atoms with Crippen molar-refractivity contribution < 1.29 is 9.59 Å². The summed E-state index contributed by atoms with van der Waals surface area (Å²) in [5, 5.41) is 6.28. The summed E-state index contributed by atoms with van der Waals surface area (Å²) in [5.41, 5.74) is 10.6. The Labute approximate surface area is 152 Å². The molecule has 7 heteroatoms. The Hall–Kier alpha value is -1.63. The molecule has 1 unspecified atom stereocenters. The predicted octanol–water partition coefficient (Wildman–Crippen LogP) is 1.16. The summed E-state index contributed by atoms with van der Waals surface area (Å²) in [6.45, 7) is 12.2. The molecule has 7 nitrogen and oxygen atoms in total. The van der Waals surface area contributed by atoms with Crippen LogP contribution in [0, 0.1) is 11.8 Å². The first-order valence-electron chi connectivity index (χ1n) is 9.25. The minimum Gasteiger partial charge on any atom is -0.370 e. The first-order chi connectivity index (χ1) is 11.6. The second-order valence-corrected chi connectivity index (χ2v) is 7.26. The van der Waals surface area contributed by atoms with Gasteiger partial charge in [0.2, 0.25) is 5.91 Å². The van der Waals surface area contributed by atoms with Gasteiger partial charge < -0.3 is 22.1 Å². The van der Waals surface area contributed by atoms with Crippen LogP contribution in [0.3, 0.4) is 0 Å². The molecule has 0 radical (unpaired) electrons. The van der Waals surface area contributed by atoms with Gasteiger partial charge in [0, 0.05) is 18.5 Å². The number of carbonyl (C=O) groups excluding carboxylic acids is 2. The molecule has 0 aliphatic rings. The van der Waals surface area contributed by atoms with Crippen LogP contribution in [-0.4, -0.2) is 42.3 Å². The molecular formula is C18H37N5O2. The molecule has 0 heterocycles. The highest BCUT2D eigenvalue weighted by atomic mass is 16.2. The van der Waals surface area contributed by atoms with Gasteiger partial charge in [-0.15, -0.1) is 0 Å². The van der Waals surface area contributed by atoms with E-state index in [9.17, 15) is 9.59 Å². The quantitative estimate of drug-likeness (QED) is 0.238. The SMILES string of the molecule is CCC(C)N[C@H](C(=O)N[C@@H](CCCN=C(N)N)C(=O)C(C)C)C(C)C. The van der Waals surface area contributed by atoms with Crippen molar-refractivity contribution in [2.24, 2.45) is 28.3 Å². The summed E-state index contributed by atoms with van der Waals surface area (Å²) in [6, 6.07) is -0.601. The molecule has 146 valence electrons. The highest BCUT2D eigenvalue weighted by Crippen LogP contribution is 2.10. The number of nitrogens with two attached hydrogens (primary N) is 2. The molecule has 0 fully saturated rings. The van der Waals surface area contributed by atoms with Crippen molar-refractivity contribution in [2.75, 3.05) is 6.54 Å². The van der Waals surface area contributed by atoms with Crippen molar-refractivity contribution in [3.63, 3.8) is 0 Å². The van der Waals surface area contributed by atoms with Crippen LogP contribution in [0.2, 0.25) is 0 Å². The Morgan fingerprint density at radius 2 is 1.68 bits per heavy atom. The van der Waals surface area contributed by atoms with E-state index in [1.807, 2.05) is 27.7 Å². The number of hydrogen-bond acceptors (Lipinski definition) is 4. The van der Waals surface area contributed by atoms with E-state index in [0.717, 1.165) is 6.42 Å². The van der Waals surface area contributed by atoms with Crippen molar-refractivity contribution in [1.29, 1.82) is 0 Å². The van der Waals surface area contributed by atoms with E-state index in [2.05, 4.69) is 29.5 Å². The highest BCUT2D eigenvalue weighted by Gasteiger charge is 2.28. The maximum absolute atomic E-state index is 12.7. The fourth-order valence-corrected chi connectivity index (χ4v) is 2.45. The normalized spacial score (nSPS) is 14.9. The molecule has 0 aromatic rings. The number of guanidine groups is 1. The number of hydrogen-bond donors (Lipinski definition) is 4. The summed E-state index contributed by atoms with van der Waals surface area (Å²) < 4.78 is 0. The van der Waals surface area contributed by atoms with Gasteiger partial charge in [-0.2, -0.15) is 0 Å². The van der Waals surface area contributed by atoms with Gasteiger partial charge in [0.1, 0.15) is 0 Å². The zero-order valence-corrected chi connectivity index (χ0v) is 16.6. The zero-order valence-electron chi connectivity index (χ0n) is 16.6. The van der Waals surface area contributed by atoms with E-state index in [4.69, 9.17) is 11.5 Å². The molecule has 0 rings (SSSR count). The summed E-state index contributed by atoms with van der Waals surface area (Å²) in [5.74, 6) is -0.0764. The number of ketones is 1. The highest BCUT2D eigenvalue weighted by molar-refractivity contribution is 5.91. The van der Waals surface area contributed by atoms with Gasteiger partial charge in [0.05, 0.1) is 12.1 Å². The van der Waals surface area contributed by atoms with E-state index in [-0.39, 0.29) is 41.6 Å². The average molecular weight is 356 g/mol. The van der Waals surface area contributed by atoms with Gasteiger partial charge in [-0.3, -0.25) is 14.6 Å². The van der Waals surface area contributed by atoms with Crippen LogP contribution in [0.5, 0.6) is 0 Å². The largest absolute Gasteiger partial charge is 0.370 e. The average Bonchev–Trinajstić information content (AvgIpc) is 2.53. The fraction of sp³-hybridized carbons (Fsp3) is 0.833. The standard InChI is InChI=1S/C18H37N5O2/c1-7-13(6)22-15(11(2)3)17(25)23-14(16(24)12(4)5)9-8-10-21-18(19)20/h11-15,22H,7-10H2,1-6H3,(H,23,25)(H4,19,20,21)/t13?,14-,15-/m0/s1. The van der Waals surface area contributed by atoms with Crippen molar-refractivity contribution in [3.8, 4) is 0 Å². The van der Waals surface area contributed by atoms with Gasteiger partial charge in [0.15, 0.2) is 11.7 Å². The van der Waals surface area contributed by atoms with Crippen LogP contribution in [0.25, 0.3) is 0 Å². The molecule has 25 heavy (non-hydrogen) atoms. The van der Waals surface area contributed by atoms with E-state index < -0.39 is 6.04 Å². The minimum absolute atomic E-state index is 0.0316. The van der Waals surface area contributed by atoms with E-state index in [0.29, 0.717) is 19.4 Å². The molecule has 6 N–H and O–H groups in total. The zero-order chi connectivity index (χ0) is 19.6. The third-order valence-corrected chi connectivity index (χ3v) is 4.20. The van der Waals surface area contributed by atoms with Crippen LogP contribution in [0.4, 0.5) is 0 Å². The Balaban J connectivity index is 4.97. The Bertz CT molecular complexity index is 445. The van der Waals surface area contributed by atoms with E-state index in [1.165, 1.54) is 0 Å². The lowest BCUT2D eigenvalue weighted by Gasteiger charge is -2.28. The molecule has 0 spiro atoms. The van der Waals surface area contributed by atoms with Gasteiger partial charge in [-0.25, -0.2) is 0 Å². The second-order valence-electron chi connectivity index (χ2n) is 7.26. The summed E-state index contributed by atoms with van der Waals surface area (Å²) >= 11 is 0. The van der Waals surface area contributed by atoms with Crippen LogP contribution in [0.1, 0.15) is 60.8 Å². The monoisotopic (exact) mass is 355 g/mol. The predicted molar refractivity (Wildman–Crippen MR) is 103 cm³/mol. The van der Waals surface area contributed by atoms with Gasteiger partial charge >= 0.3 is 0 Å². The van der Waals surface area contributed by atoms with Crippen molar-refractivity contribution >= 4 is 17.6 Å². The summed E-state index contributed by atoms with van der Waals surface area (Å²) in [6.07, 6.45) is 2.09. The first-order valence-corrected chi connectivity index (χ1v) is 9.25. The smallest absolute Gasteiger partial charge is 0.237 e. The Kier molecular flexibility index (Phi) is 11.1. The molecule has 0 bridgehead atoms. The van der Waals surface area contributed by atoms with E-state index in [1.54, 1.807) is 0 Å². The van der Waals surface area contributed by atoms with Gasteiger partial charge in [-0.05, 0) is 32.1 Å². The molecule has 0 saturated heterocycles. The minimum atomic E-state index is -0.512. The lowest BCUT2D eigenvalue weighted by atomic mass is 9.96. The number of aliphatic imine (C=N–C) groups is 1.